The van der Waals surface area contributed by atoms with Gasteiger partial charge in [0, 0.05) is 32.9 Å². The molecule has 0 spiro atoms. The Bertz CT molecular complexity index is 400. The van der Waals surface area contributed by atoms with Crippen molar-refractivity contribution >= 4 is 36.5 Å². The predicted molar refractivity (Wildman–Crippen MR) is 94.1 cm³/mol. The summed E-state index contributed by atoms with van der Waals surface area (Å²) in [5.74, 6) is 0.820. The molecule has 1 unspecified atom stereocenters. The Kier molecular flexibility index (Phi) is 14.3. The third-order valence-corrected chi connectivity index (χ3v) is 2.90. The third kappa shape index (κ3) is 9.78. The summed E-state index contributed by atoms with van der Waals surface area (Å²) in [7, 11) is 1.56. The zero-order valence-electron chi connectivity index (χ0n) is 13.0. The lowest BCUT2D eigenvalue weighted by Gasteiger charge is -2.12. The fourth-order valence-electron chi connectivity index (χ4n) is 1.65. The van der Waals surface area contributed by atoms with E-state index in [1.54, 1.807) is 7.11 Å². The molecule has 128 valence electrons. The minimum atomic E-state index is -0.204. The van der Waals surface area contributed by atoms with Gasteiger partial charge < -0.3 is 21.1 Å². The topological polar surface area (TPSA) is 89.3 Å². The first-order valence-electron chi connectivity index (χ1n) is 6.81. The van der Waals surface area contributed by atoms with Crippen LogP contribution in [0.4, 0.5) is 5.82 Å². The maximum Gasteiger partial charge on any atom is 0.222 e. The zero-order valence-corrected chi connectivity index (χ0v) is 14.6. The predicted octanol–water partition coefficient (Wildman–Crippen LogP) is 1.52. The van der Waals surface area contributed by atoms with Crippen LogP contribution in [0.3, 0.4) is 0 Å². The molecule has 0 aliphatic rings. The highest BCUT2D eigenvalue weighted by atomic mass is 35.5. The van der Waals surface area contributed by atoms with E-state index in [1.807, 2.05) is 25.3 Å². The molecular formula is C14H26Cl2N4O2. The van der Waals surface area contributed by atoms with E-state index in [2.05, 4.69) is 15.6 Å². The van der Waals surface area contributed by atoms with E-state index in [4.69, 9.17) is 10.5 Å². The molecule has 0 aliphatic heterocycles. The van der Waals surface area contributed by atoms with E-state index < -0.39 is 0 Å². The van der Waals surface area contributed by atoms with Gasteiger partial charge in [-0.05, 0) is 25.0 Å². The van der Waals surface area contributed by atoms with Crippen molar-refractivity contribution in [2.75, 3.05) is 32.1 Å². The largest absolute Gasteiger partial charge is 0.380 e. The Labute approximate surface area is 144 Å². The second-order valence-electron chi connectivity index (χ2n) is 4.65. The van der Waals surface area contributed by atoms with E-state index in [0.29, 0.717) is 19.5 Å². The van der Waals surface area contributed by atoms with Gasteiger partial charge in [-0.2, -0.15) is 0 Å². The van der Waals surface area contributed by atoms with Gasteiger partial charge in [0.05, 0.1) is 12.5 Å². The Morgan fingerprint density at radius 2 is 2.09 bits per heavy atom. The molecule has 1 atom stereocenters. The normalized spacial score (nSPS) is 10.9. The quantitative estimate of drug-likeness (QED) is 0.586. The van der Waals surface area contributed by atoms with E-state index in [0.717, 1.165) is 24.3 Å². The molecule has 0 bridgehead atoms. The van der Waals surface area contributed by atoms with Crippen LogP contribution in [-0.4, -0.2) is 43.7 Å². The molecule has 4 N–H and O–H groups in total. The monoisotopic (exact) mass is 352 g/mol. The number of nitrogens with zero attached hydrogens (tertiary/aromatic N) is 1. The number of nitrogens with one attached hydrogen (secondary N) is 2. The highest BCUT2D eigenvalue weighted by Gasteiger charge is 2.10. The van der Waals surface area contributed by atoms with Gasteiger partial charge in [0.2, 0.25) is 5.91 Å². The second-order valence-corrected chi connectivity index (χ2v) is 4.65. The van der Waals surface area contributed by atoms with Crippen molar-refractivity contribution in [2.45, 2.75) is 25.9 Å². The van der Waals surface area contributed by atoms with Gasteiger partial charge in [0.25, 0.3) is 0 Å². The molecule has 8 heteroatoms. The van der Waals surface area contributed by atoms with Crippen molar-refractivity contribution < 1.29 is 9.53 Å². The highest BCUT2D eigenvalue weighted by Crippen LogP contribution is 2.03. The first-order chi connectivity index (χ1) is 9.65. The van der Waals surface area contributed by atoms with Gasteiger partial charge in [0.1, 0.15) is 5.82 Å². The number of hydrogen-bond donors (Lipinski definition) is 3. The number of anilines is 1. The molecule has 0 radical (unpaired) electrons. The molecule has 0 aliphatic carbocycles. The molecule has 1 rings (SSSR count). The molecule has 0 fully saturated rings. The Morgan fingerprint density at radius 1 is 1.36 bits per heavy atom. The van der Waals surface area contributed by atoms with Crippen molar-refractivity contribution in [2.24, 2.45) is 5.73 Å². The first-order valence-corrected chi connectivity index (χ1v) is 6.81. The number of ether oxygens (including phenoxy) is 1. The van der Waals surface area contributed by atoms with Crippen LogP contribution in [0.25, 0.3) is 0 Å². The maximum absolute atomic E-state index is 11.6. The van der Waals surface area contributed by atoms with Crippen LogP contribution in [0.2, 0.25) is 0 Å². The SMILES string of the molecule is COC(CN)CC(=O)NCCCNc1ccc(C)cn1.Cl.Cl. The molecule has 0 saturated heterocycles. The third-order valence-electron chi connectivity index (χ3n) is 2.90. The van der Waals surface area contributed by atoms with E-state index in [1.165, 1.54) is 0 Å². The van der Waals surface area contributed by atoms with E-state index in [-0.39, 0.29) is 36.8 Å². The van der Waals surface area contributed by atoms with Gasteiger partial charge >= 0.3 is 0 Å². The van der Waals surface area contributed by atoms with Crippen LogP contribution in [-0.2, 0) is 9.53 Å². The number of carbonyl (C=O) groups is 1. The number of aryl methyl sites for hydroxylation is 1. The highest BCUT2D eigenvalue weighted by molar-refractivity contribution is 5.85. The Balaban J connectivity index is 0. The number of carbonyl (C=O) groups excluding carboxylic acids is 1. The Morgan fingerprint density at radius 3 is 2.64 bits per heavy atom. The van der Waals surface area contributed by atoms with Crippen LogP contribution in [0.5, 0.6) is 0 Å². The first kappa shape index (κ1) is 23.2. The Hall–Kier alpha value is -1.08. The lowest BCUT2D eigenvalue weighted by atomic mass is 10.2. The molecule has 1 aromatic rings. The number of hydrogen-bond acceptors (Lipinski definition) is 5. The van der Waals surface area contributed by atoms with E-state index in [9.17, 15) is 4.79 Å². The van der Waals surface area contributed by atoms with Crippen molar-refractivity contribution in [1.29, 1.82) is 0 Å². The summed E-state index contributed by atoms with van der Waals surface area (Å²) in [6, 6.07) is 3.95. The molecular weight excluding hydrogens is 327 g/mol. The maximum atomic E-state index is 11.6. The van der Waals surface area contributed by atoms with E-state index >= 15 is 0 Å². The minimum absolute atomic E-state index is 0. The van der Waals surface area contributed by atoms with Gasteiger partial charge in [-0.3, -0.25) is 4.79 Å². The molecule has 0 saturated carbocycles. The number of halogens is 2. The summed E-state index contributed by atoms with van der Waals surface area (Å²) < 4.78 is 5.06. The summed E-state index contributed by atoms with van der Waals surface area (Å²) in [5.41, 5.74) is 6.60. The van der Waals surface area contributed by atoms with Gasteiger partial charge in [-0.25, -0.2) is 4.98 Å². The minimum Gasteiger partial charge on any atom is -0.380 e. The average molecular weight is 353 g/mol. The van der Waals surface area contributed by atoms with Crippen LogP contribution >= 0.6 is 24.8 Å². The summed E-state index contributed by atoms with van der Waals surface area (Å²) in [5, 5.41) is 6.04. The molecule has 22 heavy (non-hydrogen) atoms. The summed E-state index contributed by atoms with van der Waals surface area (Å²) >= 11 is 0. The van der Waals surface area contributed by atoms with Crippen molar-refractivity contribution in [1.82, 2.24) is 10.3 Å². The van der Waals surface area contributed by atoms with Crippen LogP contribution < -0.4 is 16.4 Å². The number of pyridine rings is 1. The summed E-state index contributed by atoms with van der Waals surface area (Å²) in [4.78, 5) is 15.8. The van der Waals surface area contributed by atoms with Gasteiger partial charge in [-0.15, -0.1) is 24.8 Å². The van der Waals surface area contributed by atoms with Crippen LogP contribution in [0, 0.1) is 6.92 Å². The van der Waals surface area contributed by atoms with Gasteiger partial charge in [-0.1, -0.05) is 6.07 Å². The lowest BCUT2D eigenvalue weighted by Crippen LogP contribution is -2.33. The fraction of sp³-hybridized carbons (Fsp3) is 0.571. The number of nitrogens with two attached hydrogens (primary N) is 1. The van der Waals surface area contributed by atoms with Crippen molar-refractivity contribution in [3.63, 3.8) is 0 Å². The number of rotatable bonds is 9. The number of amides is 1. The lowest BCUT2D eigenvalue weighted by molar-refractivity contribution is -0.123. The molecule has 1 aromatic heterocycles. The zero-order chi connectivity index (χ0) is 14.8. The summed E-state index contributed by atoms with van der Waals surface area (Å²) in [6.45, 7) is 3.74. The second kappa shape index (κ2) is 13.6. The number of methoxy groups -OCH3 is 1. The fourth-order valence-corrected chi connectivity index (χ4v) is 1.65. The summed E-state index contributed by atoms with van der Waals surface area (Å²) in [6.07, 6.45) is 2.76. The number of aromatic nitrogens is 1. The molecule has 1 heterocycles. The molecule has 1 amide bonds. The smallest absolute Gasteiger partial charge is 0.222 e. The van der Waals surface area contributed by atoms with Gasteiger partial charge in [0.15, 0.2) is 0 Å². The van der Waals surface area contributed by atoms with Crippen molar-refractivity contribution in [3.8, 4) is 0 Å². The van der Waals surface area contributed by atoms with Crippen molar-refractivity contribution in [3.05, 3.63) is 23.9 Å². The average Bonchev–Trinajstić information content (AvgIpc) is 2.46. The molecule has 0 aromatic carbocycles. The van der Waals surface area contributed by atoms with Crippen LogP contribution in [0.15, 0.2) is 18.3 Å². The molecule has 6 nitrogen and oxygen atoms in total. The van der Waals surface area contributed by atoms with Crippen LogP contribution in [0.1, 0.15) is 18.4 Å². The standard InChI is InChI=1S/C14H24N4O2.2ClH/c1-11-4-5-13(18-10-11)16-6-3-7-17-14(19)8-12(9-15)20-2;;/h4-5,10,12H,3,6-9,15H2,1-2H3,(H,16,18)(H,17,19);2*1H.